The molecule has 0 aliphatic heterocycles. The normalized spacial score (nSPS) is 10.8. The summed E-state index contributed by atoms with van der Waals surface area (Å²) in [5, 5.41) is 1.36. The van der Waals surface area contributed by atoms with Crippen LogP contribution in [0.25, 0.3) is 11.0 Å². The van der Waals surface area contributed by atoms with Crippen molar-refractivity contribution >= 4 is 40.2 Å². The number of nitrogens with one attached hydrogen (secondary N) is 1. The van der Waals surface area contributed by atoms with E-state index in [0.717, 1.165) is 16.8 Å². The molecule has 0 saturated carbocycles. The van der Waals surface area contributed by atoms with Gasteiger partial charge in [0.15, 0.2) is 10.9 Å². The minimum Gasteiger partial charge on any atom is -0.497 e. The molecule has 22 heavy (non-hydrogen) atoms. The Balaban J connectivity index is 1.68. The van der Waals surface area contributed by atoms with Crippen LogP contribution in [-0.2, 0) is 0 Å². The lowest BCUT2D eigenvalue weighted by Crippen LogP contribution is -2.02. The molecule has 0 fully saturated rings. The van der Waals surface area contributed by atoms with Crippen LogP contribution in [0.15, 0.2) is 47.6 Å². The summed E-state index contributed by atoms with van der Waals surface area (Å²) >= 11 is 7.32. The van der Waals surface area contributed by atoms with E-state index in [2.05, 4.69) is 9.97 Å². The maximum Gasteiger partial charge on any atom is 0.173 e. The van der Waals surface area contributed by atoms with E-state index in [1.807, 2.05) is 12.1 Å². The van der Waals surface area contributed by atoms with E-state index in [1.165, 1.54) is 11.8 Å². The molecule has 0 spiro atoms. The third-order valence-corrected chi connectivity index (χ3v) is 4.28. The molecule has 0 atom stereocenters. The Morgan fingerprint density at radius 3 is 2.77 bits per heavy atom. The van der Waals surface area contributed by atoms with Gasteiger partial charge in [0.25, 0.3) is 0 Å². The van der Waals surface area contributed by atoms with Crippen molar-refractivity contribution < 1.29 is 9.53 Å². The third-order valence-electron chi connectivity index (χ3n) is 3.17. The van der Waals surface area contributed by atoms with Crippen LogP contribution in [0.1, 0.15) is 10.4 Å². The fourth-order valence-corrected chi connectivity index (χ4v) is 2.97. The van der Waals surface area contributed by atoms with Crippen molar-refractivity contribution in [3.8, 4) is 5.75 Å². The number of hydrogen-bond acceptors (Lipinski definition) is 4. The van der Waals surface area contributed by atoms with Gasteiger partial charge in [0, 0.05) is 10.6 Å². The van der Waals surface area contributed by atoms with Crippen LogP contribution in [0.4, 0.5) is 0 Å². The molecule has 0 radical (unpaired) electrons. The first-order valence-corrected chi connectivity index (χ1v) is 7.97. The van der Waals surface area contributed by atoms with Gasteiger partial charge in [0.1, 0.15) is 5.75 Å². The van der Waals surface area contributed by atoms with Crippen LogP contribution in [0.3, 0.4) is 0 Å². The summed E-state index contributed by atoms with van der Waals surface area (Å²) in [6, 6.07) is 12.5. The van der Waals surface area contributed by atoms with Crippen molar-refractivity contribution in [2.45, 2.75) is 5.16 Å². The Bertz CT molecular complexity index is 815. The van der Waals surface area contributed by atoms with Crippen molar-refractivity contribution in [3.05, 3.63) is 53.1 Å². The Morgan fingerprint density at radius 2 is 2.05 bits per heavy atom. The molecule has 0 aliphatic rings. The molecule has 0 amide bonds. The number of methoxy groups -OCH3 is 1. The first kappa shape index (κ1) is 14.9. The van der Waals surface area contributed by atoms with Crippen LogP contribution >= 0.6 is 23.4 Å². The second-order valence-corrected chi connectivity index (χ2v) is 6.04. The number of thioether (sulfide) groups is 1. The van der Waals surface area contributed by atoms with Gasteiger partial charge in [-0.15, -0.1) is 0 Å². The Labute approximate surface area is 136 Å². The van der Waals surface area contributed by atoms with E-state index in [-0.39, 0.29) is 5.78 Å². The minimum absolute atomic E-state index is 0.0474. The predicted octanol–water partition coefficient (Wildman–Crippen LogP) is 4.20. The molecule has 0 aliphatic carbocycles. The molecule has 2 aromatic carbocycles. The lowest BCUT2D eigenvalue weighted by molar-refractivity contribution is 0.102. The number of aromatic amines is 1. The summed E-state index contributed by atoms with van der Waals surface area (Å²) in [6.45, 7) is 0. The van der Waals surface area contributed by atoms with Crippen molar-refractivity contribution in [1.82, 2.24) is 9.97 Å². The highest BCUT2D eigenvalue weighted by atomic mass is 35.5. The molecule has 4 nitrogen and oxygen atoms in total. The van der Waals surface area contributed by atoms with Crippen LogP contribution in [-0.4, -0.2) is 28.6 Å². The number of rotatable bonds is 5. The highest BCUT2D eigenvalue weighted by molar-refractivity contribution is 7.99. The highest BCUT2D eigenvalue weighted by Gasteiger charge is 2.09. The van der Waals surface area contributed by atoms with Crippen molar-refractivity contribution in [1.29, 1.82) is 0 Å². The van der Waals surface area contributed by atoms with Crippen molar-refractivity contribution in [3.63, 3.8) is 0 Å². The van der Waals surface area contributed by atoms with Gasteiger partial charge in [0.05, 0.1) is 23.9 Å². The smallest absolute Gasteiger partial charge is 0.173 e. The van der Waals surface area contributed by atoms with E-state index < -0.39 is 0 Å². The average Bonchev–Trinajstić information content (AvgIpc) is 2.94. The first-order chi connectivity index (χ1) is 10.7. The monoisotopic (exact) mass is 332 g/mol. The lowest BCUT2D eigenvalue weighted by atomic mass is 10.1. The Hall–Kier alpha value is -1.98. The second kappa shape index (κ2) is 6.42. The molecule has 3 aromatic rings. The lowest BCUT2D eigenvalue weighted by Gasteiger charge is -2.02. The number of fused-ring (bicyclic) bond motifs is 1. The van der Waals surface area contributed by atoms with Gasteiger partial charge in [-0.3, -0.25) is 4.79 Å². The van der Waals surface area contributed by atoms with Gasteiger partial charge in [-0.1, -0.05) is 23.4 Å². The van der Waals surface area contributed by atoms with Crippen LogP contribution in [0.2, 0.25) is 5.02 Å². The Kier molecular flexibility index (Phi) is 4.36. The standard InChI is InChI=1S/C16H13ClN2O2S/c1-21-12-5-2-10(3-6-12)15(20)9-22-16-18-13-7-4-11(17)8-14(13)19-16/h2-8H,9H2,1H3,(H,18,19). The number of H-pyrrole nitrogens is 1. The van der Waals surface area contributed by atoms with Gasteiger partial charge in [-0.2, -0.15) is 0 Å². The molecule has 1 heterocycles. The topological polar surface area (TPSA) is 55.0 Å². The van der Waals surface area contributed by atoms with Gasteiger partial charge < -0.3 is 9.72 Å². The average molecular weight is 333 g/mol. The number of imidazole rings is 1. The highest BCUT2D eigenvalue weighted by Crippen LogP contribution is 2.23. The van der Waals surface area contributed by atoms with E-state index in [0.29, 0.717) is 21.5 Å². The number of Topliss-reactive ketones (excluding diaryl/α,β-unsaturated/α-hetero) is 1. The summed E-state index contributed by atoms with van der Waals surface area (Å²) in [6.07, 6.45) is 0. The van der Waals surface area contributed by atoms with E-state index in [4.69, 9.17) is 16.3 Å². The zero-order valence-corrected chi connectivity index (χ0v) is 13.4. The van der Waals surface area contributed by atoms with E-state index in [9.17, 15) is 4.79 Å². The predicted molar refractivity (Wildman–Crippen MR) is 89.2 cm³/mol. The molecular formula is C16H13ClN2O2S. The van der Waals surface area contributed by atoms with Crippen molar-refractivity contribution in [2.75, 3.05) is 12.9 Å². The summed E-state index contributed by atoms with van der Waals surface area (Å²) in [4.78, 5) is 19.7. The van der Waals surface area contributed by atoms with Crippen LogP contribution in [0.5, 0.6) is 5.75 Å². The number of benzene rings is 2. The largest absolute Gasteiger partial charge is 0.497 e. The third kappa shape index (κ3) is 3.26. The minimum atomic E-state index is 0.0474. The number of ether oxygens (including phenoxy) is 1. The quantitative estimate of drug-likeness (QED) is 0.562. The second-order valence-electron chi connectivity index (χ2n) is 4.64. The number of halogens is 1. The van der Waals surface area contributed by atoms with E-state index >= 15 is 0 Å². The van der Waals surface area contributed by atoms with Gasteiger partial charge in [-0.25, -0.2) is 4.98 Å². The molecular weight excluding hydrogens is 320 g/mol. The van der Waals surface area contributed by atoms with Crippen LogP contribution in [0, 0.1) is 0 Å². The molecule has 0 bridgehead atoms. The Morgan fingerprint density at radius 1 is 1.27 bits per heavy atom. The number of ketones is 1. The zero-order chi connectivity index (χ0) is 15.5. The fraction of sp³-hybridized carbons (Fsp3) is 0.125. The number of carbonyl (C=O) groups is 1. The molecule has 0 saturated heterocycles. The number of nitrogens with zero attached hydrogens (tertiary/aromatic N) is 1. The zero-order valence-electron chi connectivity index (χ0n) is 11.8. The molecule has 6 heteroatoms. The molecule has 1 aromatic heterocycles. The summed E-state index contributed by atoms with van der Waals surface area (Å²) in [5.74, 6) is 1.10. The van der Waals surface area contributed by atoms with Crippen LogP contribution < -0.4 is 4.74 Å². The number of carbonyl (C=O) groups excluding carboxylic acids is 1. The van der Waals surface area contributed by atoms with E-state index in [1.54, 1.807) is 37.4 Å². The fourth-order valence-electron chi connectivity index (χ4n) is 2.02. The molecule has 112 valence electrons. The number of hydrogen-bond donors (Lipinski definition) is 1. The number of aromatic nitrogens is 2. The molecule has 0 unspecified atom stereocenters. The van der Waals surface area contributed by atoms with Gasteiger partial charge >= 0.3 is 0 Å². The maximum absolute atomic E-state index is 12.2. The SMILES string of the molecule is COc1ccc(C(=O)CSc2nc3ccc(Cl)cc3[nH]2)cc1. The molecule has 3 rings (SSSR count). The first-order valence-electron chi connectivity index (χ1n) is 6.61. The maximum atomic E-state index is 12.2. The van der Waals surface area contributed by atoms with Gasteiger partial charge in [-0.05, 0) is 42.5 Å². The van der Waals surface area contributed by atoms with Gasteiger partial charge in [0.2, 0.25) is 0 Å². The summed E-state index contributed by atoms with van der Waals surface area (Å²) in [7, 11) is 1.60. The summed E-state index contributed by atoms with van der Waals surface area (Å²) in [5.41, 5.74) is 2.36. The summed E-state index contributed by atoms with van der Waals surface area (Å²) < 4.78 is 5.08. The molecule has 1 N–H and O–H groups in total. The van der Waals surface area contributed by atoms with Crippen molar-refractivity contribution in [2.24, 2.45) is 0 Å².